The Morgan fingerprint density at radius 2 is 1.97 bits per heavy atom. The van der Waals surface area contributed by atoms with Crippen molar-refractivity contribution in [2.45, 2.75) is 69.2 Å². The molecule has 1 aromatic heterocycles. The van der Waals surface area contributed by atoms with Gasteiger partial charge in [-0.25, -0.2) is 22.5 Å². The van der Waals surface area contributed by atoms with Crippen LogP contribution in [0.5, 0.6) is 5.75 Å². The Morgan fingerprint density at radius 1 is 1.21 bits per heavy atom. The van der Waals surface area contributed by atoms with Crippen molar-refractivity contribution >= 4 is 16.7 Å². The lowest BCUT2D eigenvalue weighted by Gasteiger charge is -2.34. The van der Waals surface area contributed by atoms with Crippen molar-refractivity contribution < 1.29 is 27.0 Å². The highest BCUT2D eigenvalue weighted by atomic mass is 32.2. The first-order valence-electron chi connectivity index (χ1n) is 11.2. The minimum atomic E-state index is -2.85. The molecule has 2 heterocycles. The summed E-state index contributed by atoms with van der Waals surface area (Å²) in [5.41, 5.74) is 0.998. The van der Waals surface area contributed by atoms with E-state index in [4.69, 9.17) is 4.74 Å². The summed E-state index contributed by atoms with van der Waals surface area (Å²) in [7, 11) is -2.85. The van der Waals surface area contributed by atoms with Gasteiger partial charge in [0.1, 0.15) is 5.82 Å². The number of hydrogen-bond acceptors (Lipinski definition) is 6. The number of aromatic nitrogens is 1. The van der Waals surface area contributed by atoms with Gasteiger partial charge in [0.05, 0.1) is 18.8 Å². The average Bonchev–Trinajstić information content (AvgIpc) is 3.08. The fraction of sp³-hybridized carbons (Fsp3) is 0.522. The molecule has 1 aliphatic carbocycles. The molecule has 0 spiro atoms. The molecule has 0 radical (unpaired) electrons. The lowest BCUT2D eigenvalue weighted by atomic mass is 9.82. The third-order valence-corrected chi connectivity index (χ3v) is 7.30. The summed E-state index contributed by atoms with van der Waals surface area (Å²) in [4.78, 5) is 5.81. The van der Waals surface area contributed by atoms with Gasteiger partial charge in [-0.1, -0.05) is 12.1 Å². The van der Waals surface area contributed by atoms with Crippen LogP contribution in [0.3, 0.4) is 0 Å². The molecule has 1 saturated carbocycles. The number of rotatable bonds is 7. The molecule has 2 aliphatic rings. The van der Waals surface area contributed by atoms with Crippen molar-refractivity contribution in [1.82, 2.24) is 9.71 Å². The molecule has 0 amide bonds. The van der Waals surface area contributed by atoms with Crippen molar-refractivity contribution in [3.63, 3.8) is 0 Å². The highest BCUT2D eigenvalue weighted by molar-refractivity contribution is 7.70. The van der Waals surface area contributed by atoms with Crippen LogP contribution >= 0.6 is 0 Å². The molecule has 0 unspecified atom stereocenters. The first-order chi connectivity index (χ1) is 15.8. The van der Waals surface area contributed by atoms with Gasteiger partial charge >= 0.3 is 0 Å². The molecule has 0 bridgehead atoms. The Morgan fingerprint density at radius 3 is 2.67 bits per heavy atom. The summed E-state index contributed by atoms with van der Waals surface area (Å²) < 4.78 is 59.7. The summed E-state index contributed by atoms with van der Waals surface area (Å²) in [6, 6.07) is 6.73. The fourth-order valence-electron chi connectivity index (χ4n) is 5.16. The van der Waals surface area contributed by atoms with Crippen LogP contribution in [-0.4, -0.2) is 49.3 Å². The van der Waals surface area contributed by atoms with E-state index in [0.717, 1.165) is 31.2 Å². The molecule has 10 heteroatoms. The number of thiol groups is 1. The van der Waals surface area contributed by atoms with E-state index < -0.39 is 34.5 Å². The highest BCUT2D eigenvalue weighted by Crippen LogP contribution is 2.37. The maximum atomic E-state index is 14.7. The van der Waals surface area contributed by atoms with Crippen LogP contribution in [0, 0.1) is 11.6 Å². The molecule has 2 aromatic rings. The number of ether oxygens (including phenoxy) is 1. The maximum absolute atomic E-state index is 14.7. The normalized spacial score (nSPS) is 27.9. The van der Waals surface area contributed by atoms with Gasteiger partial charge < -0.3 is 14.7 Å². The largest absolute Gasteiger partial charge is 0.505 e. The second-order valence-electron chi connectivity index (χ2n) is 8.88. The number of pyridine rings is 1. The summed E-state index contributed by atoms with van der Waals surface area (Å²) in [5.74, 6) is -1.31. The van der Waals surface area contributed by atoms with Crippen molar-refractivity contribution in [3.05, 3.63) is 53.7 Å². The van der Waals surface area contributed by atoms with Crippen LogP contribution in [0.2, 0.25) is 0 Å². The number of halogens is 2. The molecule has 2 fully saturated rings. The predicted octanol–water partition coefficient (Wildman–Crippen LogP) is 3.26. The summed E-state index contributed by atoms with van der Waals surface area (Å²) >= 11 is 0. The van der Waals surface area contributed by atoms with Gasteiger partial charge in [-0.05, 0) is 62.6 Å². The minimum Gasteiger partial charge on any atom is -0.505 e. The quantitative estimate of drug-likeness (QED) is 0.526. The van der Waals surface area contributed by atoms with E-state index in [-0.39, 0.29) is 36.3 Å². The van der Waals surface area contributed by atoms with Crippen molar-refractivity contribution in [2.24, 2.45) is 0 Å². The number of aromatic hydroxyl groups is 1. The summed E-state index contributed by atoms with van der Waals surface area (Å²) in [6.45, 7) is 2.05. The lowest BCUT2D eigenvalue weighted by molar-refractivity contribution is 0.0154. The minimum absolute atomic E-state index is 0.0173. The molecule has 180 valence electrons. The first kappa shape index (κ1) is 23.8. The third kappa shape index (κ3) is 5.44. The molecule has 4 rings (SSSR count). The molecule has 7 nitrogen and oxygen atoms in total. The van der Waals surface area contributed by atoms with Crippen LogP contribution < -0.4 is 9.62 Å². The second-order valence-corrected chi connectivity index (χ2v) is 9.65. The topological polar surface area (TPSA) is 91.8 Å². The third-order valence-electron chi connectivity index (χ3n) is 6.75. The smallest absolute Gasteiger partial charge is 0.207 e. The van der Waals surface area contributed by atoms with Crippen LogP contribution in [0.4, 0.5) is 14.6 Å². The van der Waals surface area contributed by atoms with Crippen molar-refractivity contribution in [1.29, 1.82) is 0 Å². The van der Waals surface area contributed by atoms with E-state index >= 15 is 0 Å². The zero-order valence-corrected chi connectivity index (χ0v) is 19.3. The first-order valence-corrected chi connectivity index (χ1v) is 12.4. The molecular weight excluding hydrogens is 452 g/mol. The van der Waals surface area contributed by atoms with E-state index in [1.807, 2.05) is 13.0 Å². The zero-order chi connectivity index (χ0) is 23.5. The van der Waals surface area contributed by atoms with E-state index in [1.54, 1.807) is 17.0 Å². The Balaban J connectivity index is 1.44. The van der Waals surface area contributed by atoms with Gasteiger partial charge in [-0.3, -0.25) is 0 Å². The molecule has 2 N–H and O–H groups in total. The Hall–Kier alpha value is -2.30. The molecule has 1 aromatic carbocycles. The van der Waals surface area contributed by atoms with Gasteiger partial charge in [-0.15, -0.1) is 0 Å². The van der Waals surface area contributed by atoms with Crippen LogP contribution in [0.25, 0.3) is 0 Å². The van der Waals surface area contributed by atoms with Gasteiger partial charge in [0.2, 0.25) is 16.7 Å². The monoisotopic (exact) mass is 481 g/mol. The number of benzene rings is 1. The van der Waals surface area contributed by atoms with Gasteiger partial charge in [0, 0.05) is 24.3 Å². The van der Waals surface area contributed by atoms with E-state index in [2.05, 4.69) is 9.71 Å². The predicted molar refractivity (Wildman–Crippen MR) is 121 cm³/mol. The standard InChI is InChI=1S/C23H29F2N3O4S/c1-14-11-19(27-33(30)31)20(28(14)23-22(25)21(29)9-10-26-23)13-32-18-7-5-15(6-8-18)16-3-2-4-17(24)12-16/h2-4,9-10,12,14-15,18-20,33H,5-8,11,13H2,1H3,(H,26,29)(H,27,30,31)/t14-,15?,18?,19+,20+/m1/s1. The van der Waals surface area contributed by atoms with Crippen LogP contribution in [-0.2, 0) is 15.6 Å². The van der Waals surface area contributed by atoms with Gasteiger partial charge in [0.15, 0.2) is 11.6 Å². The number of nitrogens with one attached hydrogen (secondary N) is 1. The van der Waals surface area contributed by atoms with Crippen LogP contribution in [0.1, 0.15) is 50.5 Å². The maximum Gasteiger partial charge on any atom is 0.207 e. The average molecular weight is 482 g/mol. The number of anilines is 1. The summed E-state index contributed by atoms with van der Waals surface area (Å²) in [5, 5.41) is 9.81. The molecular formula is C23H29F2N3O4S. The lowest BCUT2D eigenvalue weighted by Crippen LogP contribution is -2.47. The molecule has 1 saturated heterocycles. The van der Waals surface area contributed by atoms with Crippen LogP contribution in [0.15, 0.2) is 36.5 Å². The van der Waals surface area contributed by atoms with Crippen molar-refractivity contribution in [2.75, 3.05) is 11.5 Å². The Labute approximate surface area is 193 Å². The van der Waals surface area contributed by atoms with E-state index in [9.17, 15) is 22.3 Å². The Kier molecular flexibility index (Phi) is 7.45. The summed E-state index contributed by atoms with van der Waals surface area (Å²) in [6.07, 6.45) is 5.11. The Bertz CT molecular complexity index is 1040. The second kappa shape index (κ2) is 10.3. The zero-order valence-electron chi connectivity index (χ0n) is 18.4. The van der Waals surface area contributed by atoms with Crippen molar-refractivity contribution in [3.8, 4) is 5.75 Å². The molecule has 1 aliphatic heterocycles. The SMILES string of the molecule is C[C@@H]1C[C@H](N[SH](=O)=O)[C@H](COC2CCC(c3cccc(F)c3)CC2)N1c1nccc(O)c1F. The molecule has 33 heavy (non-hydrogen) atoms. The molecule has 3 atom stereocenters. The highest BCUT2D eigenvalue weighted by Gasteiger charge is 2.42. The van der Waals surface area contributed by atoms with Gasteiger partial charge in [0.25, 0.3) is 0 Å². The van der Waals surface area contributed by atoms with E-state index in [0.29, 0.717) is 6.42 Å². The fourth-order valence-corrected chi connectivity index (χ4v) is 5.70. The number of nitrogens with zero attached hydrogens (tertiary/aromatic N) is 2. The van der Waals surface area contributed by atoms with Gasteiger partial charge in [-0.2, -0.15) is 4.39 Å². The number of hydrogen-bond donors (Lipinski definition) is 3. The van der Waals surface area contributed by atoms with E-state index in [1.165, 1.54) is 18.3 Å².